The minimum absolute atomic E-state index is 0.0639. The average Bonchev–Trinajstić information content (AvgIpc) is 3.53. The molecule has 6 rings (SSSR count). The summed E-state index contributed by atoms with van der Waals surface area (Å²) in [5.74, 6) is -1.23. The molecule has 5 aromatic rings. The zero-order valence-corrected chi connectivity index (χ0v) is 28.2. The van der Waals surface area contributed by atoms with Crippen LogP contribution < -0.4 is 16.4 Å². The van der Waals surface area contributed by atoms with Gasteiger partial charge in [0.05, 0.1) is 6.04 Å². The Balaban J connectivity index is 1.33. The molecule has 10 heteroatoms. The van der Waals surface area contributed by atoms with Gasteiger partial charge in [-0.25, -0.2) is 4.79 Å². The van der Waals surface area contributed by atoms with E-state index in [9.17, 15) is 19.5 Å². The molecule has 9 nitrogen and oxygen atoms in total. The van der Waals surface area contributed by atoms with Gasteiger partial charge in [-0.3, -0.25) is 9.59 Å². The second-order valence-electron chi connectivity index (χ2n) is 12.6. The summed E-state index contributed by atoms with van der Waals surface area (Å²) in [6.07, 6.45) is 3.99. The molecule has 1 saturated heterocycles. The Kier molecular flexibility index (Phi) is 11.3. The number of amides is 2. The predicted molar refractivity (Wildman–Crippen MR) is 196 cm³/mol. The molecule has 0 radical (unpaired) electrons. The van der Waals surface area contributed by atoms with Gasteiger partial charge in [0, 0.05) is 48.4 Å². The molecule has 49 heavy (non-hydrogen) atoms. The van der Waals surface area contributed by atoms with Crippen LogP contribution in [0.2, 0.25) is 0 Å². The second-order valence-corrected chi connectivity index (χ2v) is 13.7. The van der Waals surface area contributed by atoms with Crippen molar-refractivity contribution in [2.24, 2.45) is 5.73 Å². The summed E-state index contributed by atoms with van der Waals surface area (Å²) >= 11 is 1.37. The molecular weight excluding hydrogens is 635 g/mol. The maximum Gasteiger partial charge on any atom is 0.326 e. The lowest BCUT2D eigenvalue weighted by Gasteiger charge is -2.37. The van der Waals surface area contributed by atoms with E-state index in [-0.39, 0.29) is 24.8 Å². The summed E-state index contributed by atoms with van der Waals surface area (Å²) in [5.41, 5.74) is 9.40. The number of carbonyl (C=O) groups is 3. The fraction of sp³-hybridized carbons (Fsp3) is 0.308. The lowest BCUT2D eigenvalue weighted by atomic mass is 10.00. The Hall–Kier alpha value is -4.64. The summed E-state index contributed by atoms with van der Waals surface area (Å²) in [5, 5.41) is 19.8. The number of nitrogens with one attached hydrogen (secondary N) is 3. The zero-order chi connectivity index (χ0) is 34.2. The highest BCUT2D eigenvalue weighted by Crippen LogP contribution is 2.34. The van der Waals surface area contributed by atoms with Crippen LogP contribution in [-0.4, -0.2) is 69.7 Å². The molecule has 0 bridgehead atoms. The summed E-state index contributed by atoms with van der Waals surface area (Å²) in [7, 11) is 0. The highest BCUT2D eigenvalue weighted by molar-refractivity contribution is 8.00. The van der Waals surface area contributed by atoms with Crippen LogP contribution >= 0.6 is 11.8 Å². The number of fused-ring (bicyclic) bond motifs is 2. The highest BCUT2D eigenvalue weighted by Gasteiger charge is 2.39. The third-order valence-electron chi connectivity index (χ3n) is 9.29. The Labute approximate surface area is 290 Å². The number of hydrogen-bond acceptors (Lipinski definition) is 6. The number of benzene rings is 4. The first-order valence-electron chi connectivity index (χ1n) is 16.9. The van der Waals surface area contributed by atoms with E-state index in [0.29, 0.717) is 25.3 Å². The van der Waals surface area contributed by atoms with Crippen molar-refractivity contribution < 1.29 is 19.5 Å². The van der Waals surface area contributed by atoms with Crippen molar-refractivity contribution in [1.82, 2.24) is 20.5 Å². The molecule has 6 N–H and O–H groups in total. The summed E-state index contributed by atoms with van der Waals surface area (Å²) in [6, 6.07) is 29.3. The van der Waals surface area contributed by atoms with Gasteiger partial charge < -0.3 is 31.4 Å². The standard InChI is InChI=1S/C39H43N5O4S/c40-20-9-8-16-30-24-44(35(39(47)48)21-29-23-41-33-19-7-6-18-32(29)33)38(46)36(27-12-2-1-3-13-27)49-25-34(37(45)43-30)42-22-28-15-10-14-26-11-4-5-17-31(26)28/h1-7,10-15,17-19,23,30,34-36,41-42H,8-9,16,20-22,24-25,40H2,(H,43,45)(H,47,48)/t30-,34+,35+,36?/m1/s1. The number of carbonyl (C=O) groups excluding carboxylic acids is 2. The topological polar surface area (TPSA) is 141 Å². The molecule has 2 heterocycles. The number of carboxylic acid groups (broad SMARTS) is 1. The van der Waals surface area contributed by atoms with Gasteiger partial charge in [-0.1, -0.05) is 97.4 Å². The van der Waals surface area contributed by atoms with Gasteiger partial charge in [0.1, 0.15) is 11.3 Å². The van der Waals surface area contributed by atoms with Crippen molar-refractivity contribution >= 4 is 51.2 Å². The highest BCUT2D eigenvalue weighted by atomic mass is 32.2. The lowest BCUT2D eigenvalue weighted by Crippen LogP contribution is -2.57. The number of nitrogens with two attached hydrogens (primary N) is 1. The monoisotopic (exact) mass is 677 g/mol. The molecule has 1 fully saturated rings. The van der Waals surface area contributed by atoms with Crippen molar-refractivity contribution in [2.45, 2.75) is 55.6 Å². The van der Waals surface area contributed by atoms with E-state index in [4.69, 9.17) is 5.73 Å². The molecule has 4 atom stereocenters. The number of unbranched alkanes of at least 4 members (excludes halogenated alkanes) is 1. The van der Waals surface area contributed by atoms with Gasteiger partial charge in [0.25, 0.3) is 0 Å². The van der Waals surface area contributed by atoms with Crippen molar-refractivity contribution in [3.05, 3.63) is 120 Å². The number of H-pyrrole nitrogens is 1. The average molecular weight is 678 g/mol. The maximum absolute atomic E-state index is 14.8. The molecule has 0 spiro atoms. The maximum atomic E-state index is 14.8. The van der Waals surface area contributed by atoms with Crippen molar-refractivity contribution in [2.75, 3.05) is 18.8 Å². The number of hydrogen-bond donors (Lipinski definition) is 5. The second kappa shape index (κ2) is 16.2. The number of para-hydroxylation sites is 1. The summed E-state index contributed by atoms with van der Waals surface area (Å²) < 4.78 is 0. The normalized spacial score (nSPS) is 19.5. The van der Waals surface area contributed by atoms with Crippen LogP contribution in [0.25, 0.3) is 21.7 Å². The van der Waals surface area contributed by atoms with Gasteiger partial charge in [0.15, 0.2) is 0 Å². The fourth-order valence-electron chi connectivity index (χ4n) is 6.68. The number of rotatable bonds is 12. The molecule has 2 amide bonds. The smallest absolute Gasteiger partial charge is 0.326 e. The minimum Gasteiger partial charge on any atom is -0.480 e. The largest absolute Gasteiger partial charge is 0.480 e. The van der Waals surface area contributed by atoms with Crippen LogP contribution in [0.3, 0.4) is 0 Å². The zero-order valence-electron chi connectivity index (χ0n) is 27.4. The van der Waals surface area contributed by atoms with Gasteiger partial charge in [-0.05, 0) is 52.9 Å². The first-order chi connectivity index (χ1) is 23.9. The van der Waals surface area contributed by atoms with Crippen LogP contribution in [0.4, 0.5) is 0 Å². The molecule has 1 aromatic heterocycles. The number of thioether (sulfide) groups is 1. The Morgan fingerprint density at radius 1 is 0.918 bits per heavy atom. The number of aromatic nitrogens is 1. The van der Waals surface area contributed by atoms with Crippen LogP contribution in [0, 0.1) is 0 Å². The Morgan fingerprint density at radius 2 is 1.65 bits per heavy atom. The van der Waals surface area contributed by atoms with E-state index >= 15 is 0 Å². The molecular formula is C39H43N5O4S. The number of aromatic amines is 1. The molecule has 1 aliphatic rings. The van der Waals surface area contributed by atoms with E-state index in [1.54, 1.807) is 0 Å². The van der Waals surface area contributed by atoms with Crippen LogP contribution in [0.15, 0.2) is 103 Å². The van der Waals surface area contributed by atoms with Crippen molar-refractivity contribution in [1.29, 1.82) is 0 Å². The van der Waals surface area contributed by atoms with Gasteiger partial charge in [-0.15, -0.1) is 11.8 Å². The van der Waals surface area contributed by atoms with Crippen LogP contribution in [0.1, 0.15) is 41.2 Å². The molecule has 4 aromatic carbocycles. The van der Waals surface area contributed by atoms with Crippen LogP contribution in [0.5, 0.6) is 0 Å². The predicted octanol–water partition coefficient (Wildman–Crippen LogP) is 5.41. The van der Waals surface area contributed by atoms with E-state index in [1.807, 2.05) is 79.0 Å². The molecule has 254 valence electrons. The Morgan fingerprint density at radius 3 is 2.45 bits per heavy atom. The fourth-order valence-corrected chi connectivity index (χ4v) is 7.96. The lowest BCUT2D eigenvalue weighted by molar-refractivity contribution is -0.150. The van der Waals surface area contributed by atoms with E-state index in [0.717, 1.165) is 51.2 Å². The minimum atomic E-state index is -1.15. The van der Waals surface area contributed by atoms with E-state index in [1.165, 1.54) is 16.7 Å². The third kappa shape index (κ3) is 8.16. The SMILES string of the molecule is NCCCC[C@@H]1CN([C@@H](Cc2c[nH]c3ccccc23)C(=O)O)C(=O)C(c2ccccc2)SC[C@H](NCc2cccc3ccccc23)C(=O)N1. The molecule has 0 aliphatic carbocycles. The quantitative estimate of drug-likeness (QED) is 0.111. The first-order valence-corrected chi connectivity index (χ1v) is 17.9. The molecule has 1 unspecified atom stereocenters. The van der Waals surface area contributed by atoms with Gasteiger partial charge in [-0.2, -0.15) is 0 Å². The number of aliphatic carboxylic acids is 1. The van der Waals surface area contributed by atoms with E-state index in [2.05, 4.69) is 39.9 Å². The number of nitrogens with zero attached hydrogens (tertiary/aromatic N) is 1. The van der Waals surface area contributed by atoms with Crippen molar-refractivity contribution in [3.8, 4) is 0 Å². The third-order valence-corrected chi connectivity index (χ3v) is 10.6. The Bertz CT molecular complexity index is 1890. The van der Waals surface area contributed by atoms with Crippen LogP contribution in [-0.2, 0) is 27.3 Å². The number of carboxylic acids is 1. The molecule has 0 saturated carbocycles. The first kappa shape index (κ1) is 34.2. The van der Waals surface area contributed by atoms with Crippen molar-refractivity contribution in [3.63, 3.8) is 0 Å². The van der Waals surface area contributed by atoms with Gasteiger partial charge >= 0.3 is 5.97 Å². The van der Waals surface area contributed by atoms with E-state index < -0.39 is 29.3 Å². The molecule has 1 aliphatic heterocycles. The summed E-state index contributed by atoms with van der Waals surface area (Å²) in [6.45, 7) is 1.04. The van der Waals surface area contributed by atoms with Gasteiger partial charge in [0.2, 0.25) is 11.8 Å². The summed E-state index contributed by atoms with van der Waals surface area (Å²) in [4.78, 5) is 46.6.